The summed E-state index contributed by atoms with van der Waals surface area (Å²) in [5.74, 6) is 0.0402. The molecule has 1 aromatic rings. The van der Waals surface area contributed by atoms with Gasteiger partial charge >= 0.3 is 0 Å². The molecule has 3 nitrogen and oxygen atoms in total. The second kappa shape index (κ2) is 6.99. The second-order valence-corrected chi connectivity index (χ2v) is 6.66. The number of carbonyl (C=O) groups excluding carboxylic acids is 1. The van der Waals surface area contributed by atoms with E-state index in [9.17, 15) is 4.79 Å². The van der Waals surface area contributed by atoms with E-state index in [1.165, 1.54) is 0 Å². The predicted molar refractivity (Wildman–Crippen MR) is 89.3 cm³/mol. The number of carbonyl (C=O) groups is 1. The number of amides is 1. The minimum Gasteiger partial charge on any atom is -0.324 e. The van der Waals surface area contributed by atoms with Gasteiger partial charge in [-0.1, -0.05) is 36.5 Å². The number of hydrogen-bond donors (Lipinski definition) is 2. The first kappa shape index (κ1) is 16.6. The van der Waals surface area contributed by atoms with Gasteiger partial charge in [0.1, 0.15) is 0 Å². The minimum absolute atomic E-state index is 0.0402. The molecule has 0 spiro atoms. The molecule has 1 fully saturated rings. The molecule has 0 aromatic heterocycles. The van der Waals surface area contributed by atoms with Crippen molar-refractivity contribution < 1.29 is 4.79 Å². The van der Waals surface area contributed by atoms with E-state index in [2.05, 4.69) is 17.6 Å². The Bertz CT molecular complexity index is 520. The van der Waals surface area contributed by atoms with Crippen LogP contribution < -0.4 is 10.6 Å². The number of benzene rings is 1. The summed E-state index contributed by atoms with van der Waals surface area (Å²) in [5.41, 5.74) is 1.16. The summed E-state index contributed by atoms with van der Waals surface area (Å²) >= 11 is 12.3. The van der Waals surface area contributed by atoms with E-state index in [1.54, 1.807) is 12.1 Å². The van der Waals surface area contributed by atoms with Gasteiger partial charge < -0.3 is 10.6 Å². The molecule has 0 saturated carbocycles. The number of hydrogen-bond acceptors (Lipinski definition) is 2. The van der Waals surface area contributed by atoms with Gasteiger partial charge in [-0.15, -0.1) is 0 Å². The summed E-state index contributed by atoms with van der Waals surface area (Å²) in [6.45, 7) is 5.71. The molecule has 1 unspecified atom stereocenters. The van der Waals surface area contributed by atoms with Crippen LogP contribution in [0.25, 0.3) is 0 Å². The largest absolute Gasteiger partial charge is 0.324 e. The molecular formula is C16H22Cl2N2O. The fourth-order valence-corrected chi connectivity index (χ4v) is 3.39. The summed E-state index contributed by atoms with van der Waals surface area (Å²) in [4.78, 5) is 12.8. The Morgan fingerprint density at radius 1 is 1.38 bits per heavy atom. The molecule has 5 heteroatoms. The minimum atomic E-state index is -0.340. The standard InChI is InChI=1S/C16H22Cl2N2O/c1-3-5-16(6-4-7-19-10-16)15(21)20-14-9-12(17)11(2)8-13(14)18/h8-9,19H,3-7,10H2,1-2H3,(H,20,21). The SMILES string of the molecule is CCCC1(C(=O)Nc2cc(Cl)c(C)cc2Cl)CCCNC1. The van der Waals surface area contributed by atoms with Crippen LogP contribution in [0.1, 0.15) is 38.2 Å². The van der Waals surface area contributed by atoms with E-state index >= 15 is 0 Å². The quantitative estimate of drug-likeness (QED) is 0.859. The molecule has 1 aromatic carbocycles. The van der Waals surface area contributed by atoms with Crippen LogP contribution in [0, 0.1) is 12.3 Å². The van der Waals surface area contributed by atoms with Crippen molar-refractivity contribution in [3.63, 3.8) is 0 Å². The zero-order valence-electron chi connectivity index (χ0n) is 12.6. The van der Waals surface area contributed by atoms with Gasteiger partial charge in [0, 0.05) is 11.6 Å². The summed E-state index contributed by atoms with van der Waals surface area (Å²) in [6.07, 6.45) is 3.80. The monoisotopic (exact) mass is 328 g/mol. The van der Waals surface area contributed by atoms with Crippen molar-refractivity contribution in [2.24, 2.45) is 5.41 Å². The average Bonchev–Trinajstić information content (AvgIpc) is 2.46. The number of aryl methyl sites for hydroxylation is 1. The Kier molecular flexibility index (Phi) is 5.53. The van der Waals surface area contributed by atoms with Gasteiger partial charge in [-0.2, -0.15) is 0 Å². The van der Waals surface area contributed by atoms with E-state index in [0.29, 0.717) is 15.7 Å². The summed E-state index contributed by atoms with van der Waals surface area (Å²) in [7, 11) is 0. The van der Waals surface area contributed by atoms with E-state index in [1.807, 2.05) is 6.92 Å². The maximum atomic E-state index is 12.8. The van der Waals surface area contributed by atoms with E-state index < -0.39 is 0 Å². The normalized spacial score (nSPS) is 22.1. The lowest BCUT2D eigenvalue weighted by atomic mass is 9.76. The molecular weight excluding hydrogens is 307 g/mol. The van der Waals surface area contributed by atoms with Crippen LogP contribution >= 0.6 is 23.2 Å². The first-order chi connectivity index (χ1) is 9.98. The van der Waals surface area contributed by atoms with Gasteiger partial charge in [0.15, 0.2) is 0 Å². The maximum Gasteiger partial charge on any atom is 0.231 e. The van der Waals surface area contributed by atoms with E-state index in [0.717, 1.165) is 44.3 Å². The van der Waals surface area contributed by atoms with Crippen LogP contribution in [0.15, 0.2) is 12.1 Å². The Hall–Kier alpha value is -0.770. The third-order valence-electron chi connectivity index (χ3n) is 4.18. The number of nitrogens with one attached hydrogen (secondary N) is 2. The second-order valence-electron chi connectivity index (χ2n) is 5.85. The predicted octanol–water partition coefficient (Wildman–Crippen LogP) is 4.41. The lowest BCUT2D eigenvalue weighted by molar-refractivity contribution is -0.127. The fraction of sp³-hybridized carbons (Fsp3) is 0.562. The number of piperidine rings is 1. The first-order valence-electron chi connectivity index (χ1n) is 7.46. The van der Waals surface area contributed by atoms with Gasteiger partial charge in [0.2, 0.25) is 5.91 Å². The molecule has 116 valence electrons. The van der Waals surface area contributed by atoms with Crippen molar-refractivity contribution in [1.29, 1.82) is 0 Å². The fourth-order valence-electron chi connectivity index (χ4n) is 2.96. The molecule has 2 rings (SSSR count). The van der Waals surface area contributed by atoms with Crippen LogP contribution in [0.3, 0.4) is 0 Å². The lowest BCUT2D eigenvalue weighted by Gasteiger charge is -2.36. The van der Waals surface area contributed by atoms with Crippen molar-refractivity contribution >= 4 is 34.8 Å². The number of anilines is 1. The highest BCUT2D eigenvalue weighted by molar-refractivity contribution is 6.36. The van der Waals surface area contributed by atoms with Crippen molar-refractivity contribution in [3.8, 4) is 0 Å². The topological polar surface area (TPSA) is 41.1 Å². The molecule has 0 bridgehead atoms. The third-order valence-corrected chi connectivity index (χ3v) is 4.90. The Labute approximate surface area is 136 Å². The summed E-state index contributed by atoms with van der Waals surface area (Å²) in [5, 5.41) is 7.46. The third kappa shape index (κ3) is 3.71. The molecule has 1 amide bonds. The lowest BCUT2D eigenvalue weighted by Crippen LogP contribution is -2.48. The highest BCUT2D eigenvalue weighted by atomic mass is 35.5. The van der Waals surface area contributed by atoms with Crippen molar-refractivity contribution in [2.75, 3.05) is 18.4 Å². The number of rotatable bonds is 4. The molecule has 1 saturated heterocycles. The van der Waals surface area contributed by atoms with Gasteiger partial charge in [0.25, 0.3) is 0 Å². The maximum absolute atomic E-state index is 12.8. The molecule has 0 aliphatic carbocycles. The average molecular weight is 329 g/mol. The zero-order chi connectivity index (χ0) is 15.5. The van der Waals surface area contributed by atoms with E-state index in [4.69, 9.17) is 23.2 Å². The number of halogens is 2. The first-order valence-corrected chi connectivity index (χ1v) is 8.22. The van der Waals surface area contributed by atoms with Crippen molar-refractivity contribution in [2.45, 2.75) is 39.5 Å². The molecule has 21 heavy (non-hydrogen) atoms. The van der Waals surface area contributed by atoms with Gasteiger partial charge in [-0.05, 0) is 50.4 Å². The smallest absolute Gasteiger partial charge is 0.231 e. The van der Waals surface area contributed by atoms with Crippen molar-refractivity contribution in [3.05, 3.63) is 27.7 Å². The van der Waals surface area contributed by atoms with Gasteiger partial charge in [-0.3, -0.25) is 4.79 Å². The van der Waals surface area contributed by atoms with Crippen LogP contribution in [0.2, 0.25) is 10.0 Å². The zero-order valence-corrected chi connectivity index (χ0v) is 14.1. The molecule has 1 aliphatic heterocycles. The molecule has 0 radical (unpaired) electrons. The van der Waals surface area contributed by atoms with Crippen molar-refractivity contribution in [1.82, 2.24) is 5.32 Å². The Morgan fingerprint density at radius 3 is 2.76 bits per heavy atom. The Balaban J connectivity index is 2.21. The van der Waals surface area contributed by atoms with Gasteiger partial charge in [-0.25, -0.2) is 0 Å². The molecule has 2 N–H and O–H groups in total. The highest BCUT2D eigenvalue weighted by Gasteiger charge is 2.38. The highest BCUT2D eigenvalue weighted by Crippen LogP contribution is 2.35. The summed E-state index contributed by atoms with van der Waals surface area (Å²) < 4.78 is 0. The Morgan fingerprint density at radius 2 is 2.14 bits per heavy atom. The molecule has 1 aliphatic rings. The van der Waals surface area contributed by atoms with Crippen LogP contribution in [0.4, 0.5) is 5.69 Å². The van der Waals surface area contributed by atoms with Crippen LogP contribution in [0.5, 0.6) is 0 Å². The summed E-state index contributed by atoms with van der Waals surface area (Å²) in [6, 6.07) is 3.51. The molecule has 1 atom stereocenters. The van der Waals surface area contributed by atoms with Crippen LogP contribution in [-0.2, 0) is 4.79 Å². The van der Waals surface area contributed by atoms with Gasteiger partial charge in [0.05, 0.1) is 16.1 Å². The van der Waals surface area contributed by atoms with Crippen LogP contribution in [-0.4, -0.2) is 19.0 Å². The van der Waals surface area contributed by atoms with E-state index in [-0.39, 0.29) is 11.3 Å². The molecule has 1 heterocycles.